The van der Waals surface area contributed by atoms with E-state index in [2.05, 4.69) is 10.6 Å². The number of anilines is 1. The SMILES string of the molecule is CSCC(CCO)NC(=O)Nc1cc(Cl)ccc1C. The minimum atomic E-state index is -0.280. The minimum Gasteiger partial charge on any atom is -0.396 e. The first kappa shape index (κ1) is 16.1. The Kier molecular flexibility index (Phi) is 7.05. The molecule has 1 atom stereocenters. The summed E-state index contributed by atoms with van der Waals surface area (Å²) in [6.45, 7) is 1.96. The summed E-state index contributed by atoms with van der Waals surface area (Å²) >= 11 is 7.53. The van der Waals surface area contributed by atoms with Gasteiger partial charge in [-0.15, -0.1) is 0 Å². The van der Waals surface area contributed by atoms with Crippen LogP contribution in [0.4, 0.5) is 10.5 Å². The zero-order valence-electron chi connectivity index (χ0n) is 11.1. The van der Waals surface area contributed by atoms with Crippen molar-refractivity contribution in [3.63, 3.8) is 0 Å². The lowest BCUT2D eigenvalue weighted by Gasteiger charge is -2.17. The Balaban J connectivity index is 2.60. The summed E-state index contributed by atoms with van der Waals surface area (Å²) in [7, 11) is 0. The fourth-order valence-corrected chi connectivity index (χ4v) is 2.45. The van der Waals surface area contributed by atoms with Crippen molar-refractivity contribution in [2.75, 3.05) is 23.9 Å². The van der Waals surface area contributed by atoms with Gasteiger partial charge in [-0.25, -0.2) is 4.79 Å². The number of rotatable bonds is 6. The van der Waals surface area contributed by atoms with Gasteiger partial charge < -0.3 is 15.7 Å². The molecule has 0 spiro atoms. The molecule has 0 heterocycles. The largest absolute Gasteiger partial charge is 0.396 e. The van der Waals surface area contributed by atoms with Crippen LogP contribution < -0.4 is 10.6 Å². The highest BCUT2D eigenvalue weighted by Crippen LogP contribution is 2.20. The van der Waals surface area contributed by atoms with Gasteiger partial charge in [-0.1, -0.05) is 17.7 Å². The van der Waals surface area contributed by atoms with E-state index < -0.39 is 0 Å². The third-order valence-corrected chi connectivity index (χ3v) is 3.60. The van der Waals surface area contributed by atoms with Crippen LogP contribution in [0.5, 0.6) is 0 Å². The van der Waals surface area contributed by atoms with Gasteiger partial charge in [-0.05, 0) is 37.3 Å². The van der Waals surface area contributed by atoms with Crippen molar-refractivity contribution in [3.05, 3.63) is 28.8 Å². The van der Waals surface area contributed by atoms with E-state index in [0.29, 0.717) is 17.1 Å². The number of benzene rings is 1. The Morgan fingerprint density at radius 1 is 1.53 bits per heavy atom. The summed E-state index contributed by atoms with van der Waals surface area (Å²) in [4.78, 5) is 11.9. The molecule has 106 valence electrons. The Hall–Kier alpha value is -0.910. The first-order valence-electron chi connectivity index (χ1n) is 6.00. The van der Waals surface area contributed by atoms with Gasteiger partial charge in [0.05, 0.1) is 0 Å². The van der Waals surface area contributed by atoms with Crippen LogP contribution in [-0.4, -0.2) is 35.8 Å². The number of aryl methyl sites for hydroxylation is 1. The number of aliphatic hydroxyl groups is 1. The van der Waals surface area contributed by atoms with Crippen molar-refractivity contribution in [3.8, 4) is 0 Å². The number of hydrogen-bond donors (Lipinski definition) is 3. The molecule has 0 saturated carbocycles. The van der Waals surface area contributed by atoms with E-state index in [4.69, 9.17) is 16.7 Å². The van der Waals surface area contributed by atoms with Crippen molar-refractivity contribution >= 4 is 35.1 Å². The van der Waals surface area contributed by atoms with Gasteiger partial charge in [0.1, 0.15) is 0 Å². The molecule has 1 aromatic carbocycles. The van der Waals surface area contributed by atoms with E-state index in [1.165, 1.54) is 0 Å². The lowest BCUT2D eigenvalue weighted by atomic mass is 10.2. The van der Waals surface area contributed by atoms with E-state index in [0.717, 1.165) is 11.3 Å². The third-order valence-electron chi connectivity index (χ3n) is 2.63. The summed E-state index contributed by atoms with van der Waals surface area (Å²) < 4.78 is 0. The van der Waals surface area contributed by atoms with Crippen molar-refractivity contribution in [2.24, 2.45) is 0 Å². The van der Waals surface area contributed by atoms with Crippen LogP contribution in [0.1, 0.15) is 12.0 Å². The number of nitrogens with one attached hydrogen (secondary N) is 2. The average Bonchev–Trinajstić information content (AvgIpc) is 2.34. The van der Waals surface area contributed by atoms with Crippen molar-refractivity contribution in [1.82, 2.24) is 5.32 Å². The second kappa shape index (κ2) is 8.30. The second-order valence-electron chi connectivity index (χ2n) is 4.22. The molecule has 1 unspecified atom stereocenters. The highest BCUT2D eigenvalue weighted by Gasteiger charge is 2.12. The third kappa shape index (κ3) is 5.72. The monoisotopic (exact) mass is 302 g/mol. The van der Waals surface area contributed by atoms with Gasteiger partial charge in [-0.2, -0.15) is 11.8 Å². The number of amides is 2. The normalized spacial score (nSPS) is 12.0. The molecule has 1 aromatic rings. The van der Waals surface area contributed by atoms with Gasteiger partial charge >= 0.3 is 6.03 Å². The standard InChI is InChI=1S/C13H19ClN2O2S/c1-9-3-4-10(14)7-12(9)16-13(18)15-11(5-6-17)8-19-2/h3-4,7,11,17H,5-6,8H2,1-2H3,(H2,15,16,18). The van der Waals surface area contributed by atoms with Gasteiger partial charge in [0.15, 0.2) is 0 Å². The summed E-state index contributed by atoms with van der Waals surface area (Å²) in [5.41, 5.74) is 1.64. The van der Waals surface area contributed by atoms with Crippen LogP contribution in [0.2, 0.25) is 5.02 Å². The Bertz CT molecular complexity index is 423. The molecule has 0 radical (unpaired) electrons. The summed E-state index contributed by atoms with van der Waals surface area (Å²) in [5, 5.41) is 15.1. The molecule has 4 nitrogen and oxygen atoms in total. The van der Waals surface area contributed by atoms with Crippen LogP contribution in [0.25, 0.3) is 0 Å². The van der Waals surface area contributed by atoms with Crippen LogP contribution in [0.15, 0.2) is 18.2 Å². The zero-order chi connectivity index (χ0) is 14.3. The van der Waals surface area contributed by atoms with E-state index >= 15 is 0 Å². The van der Waals surface area contributed by atoms with Crippen LogP contribution in [-0.2, 0) is 0 Å². The molecule has 0 saturated heterocycles. The number of carbonyl (C=O) groups is 1. The molecule has 0 aromatic heterocycles. The van der Waals surface area contributed by atoms with Gasteiger partial charge in [0.25, 0.3) is 0 Å². The molecule has 3 N–H and O–H groups in total. The molecular weight excluding hydrogens is 284 g/mol. The van der Waals surface area contributed by atoms with Crippen LogP contribution >= 0.6 is 23.4 Å². The minimum absolute atomic E-state index is 0.0421. The van der Waals surface area contributed by atoms with Gasteiger partial charge in [0.2, 0.25) is 0 Å². The highest BCUT2D eigenvalue weighted by atomic mass is 35.5. The Morgan fingerprint density at radius 3 is 2.89 bits per heavy atom. The van der Waals surface area contributed by atoms with E-state index in [-0.39, 0.29) is 18.7 Å². The predicted molar refractivity (Wildman–Crippen MR) is 82.2 cm³/mol. The molecule has 0 fully saturated rings. The van der Waals surface area contributed by atoms with Gasteiger partial charge in [-0.3, -0.25) is 0 Å². The first-order chi connectivity index (χ1) is 9.06. The van der Waals surface area contributed by atoms with E-state index in [9.17, 15) is 4.79 Å². The first-order valence-corrected chi connectivity index (χ1v) is 7.77. The lowest BCUT2D eigenvalue weighted by molar-refractivity contribution is 0.241. The molecule has 6 heteroatoms. The fourth-order valence-electron chi connectivity index (χ4n) is 1.63. The summed E-state index contributed by atoms with van der Waals surface area (Å²) in [6.07, 6.45) is 2.51. The number of urea groups is 1. The topological polar surface area (TPSA) is 61.4 Å². The molecule has 19 heavy (non-hydrogen) atoms. The highest BCUT2D eigenvalue weighted by molar-refractivity contribution is 7.98. The van der Waals surface area contributed by atoms with Crippen molar-refractivity contribution < 1.29 is 9.90 Å². The Morgan fingerprint density at radius 2 is 2.26 bits per heavy atom. The van der Waals surface area contributed by atoms with Crippen LogP contribution in [0, 0.1) is 6.92 Å². The van der Waals surface area contributed by atoms with Crippen molar-refractivity contribution in [1.29, 1.82) is 0 Å². The molecule has 0 aliphatic carbocycles. The molecular formula is C13H19ClN2O2S. The number of hydrogen-bond acceptors (Lipinski definition) is 3. The van der Waals surface area contributed by atoms with E-state index in [1.807, 2.05) is 19.2 Å². The smallest absolute Gasteiger partial charge is 0.319 e. The predicted octanol–water partition coefficient (Wildman–Crippen LogP) is 2.88. The van der Waals surface area contributed by atoms with E-state index in [1.54, 1.807) is 23.9 Å². The molecule has 0 aliphatic rings. The second-order valence-corrected chi connectivity index (χ2v) is 5.57. The summed E-state index contributed by atoms with van der Waals surface area (Å²) in [6, 6.07) is 5.02. The average molecular weight is 303 g/mol. The quantitative estimate of drug-likeness (QED) is 0.757. The number of halogens is 1. The fraction of sp³-hybridized carbons (Fsp3) is 0.462. The zero-order valence-corrected chi connectivity index (χ0v) is 12.6. The number of aliphatic hydroxyl groups excluding tert-OH is 1. The maximum atomic E-state index is 11.9. The maximum absolute atomic E-state index is 11.9. The Labute approximate surface area is 122 Å². The lowest BCUT2D eigenvalue weighted by Crippen LogP contribution is -2.40. The number of thioether (sulfide) groups is 1. The van der Waals surface area contributed by atoms with Crippen molar-refractivity contribution in [2.45, 2.75) is 19.4 Å². The van der Waals surface area contributed by atoms with Gasteiger partial charge in [0, 0.05) is 29.1 Å². The molecule has 0 bridgehead atoms. The molecule has 2 amide bonds. The molecule has 1 rings (SSSR count). The van der Waals surface area contributed by atoms with Crippen LogP contribution in [0.3, 0.4) is 0 Å². The molecule has 0 aliphatic heterocycles. The number of carbonyl (C=O) groups excluding carboxylic acids is 1. The summed E-state index contributed by atoms with van der Waals surface area (Å²) in [5.74, 6) is 0.766. The maximum Gasteiger partial charge on any atom is 0.319 e.